The molecule has 0 fully saturated rings. The molecule has 1 aromatic rings. The van der Waals surface area contributed by atoms with Crippen molar-refractivity contribution >= 4 is 28.1 Å². The highest BCUT2D eigenvalue weighted by Gasteiger charge is 2.11. The molecule has 0 radical (unpaired) electrons. The van der Waals surface area contributed by atoms with Crippen LogP contribution in [0.15, 0.2) is 6.20 Å². The van der Waals surface area contributed by atoms with Gasteiger partial charge in [-0.2, -0.15) is 0 Å². The Balaban J connectivity index is 2.70. The first-order valence-electron chi connectivity index (χ1n) is 3.60. The summed E-state index contributed by atoms with van der Waals surface area (Å²) in [6, 6.07) is 0.0761. The second-order valence-electron chi connectivity index (χ2n) is 2.59. The monoisotopic (exact) mass is 206 g/mol. The molecule has 1 aromatic heterocycles. The molecule has 0 unspecified atom stereocenters. The topological polar surface area (TPSA) is 36.4 Å². The van der Waals surface area contributed by atoms with Gasteiger partial charge in [-0.3, -0.25) is 0 Å². The van der Waals surface area contributed by atoms with E-state index < -0.39 is 0 Å². The number of hydrogen-bond donors (Lipinski definition) is 1. The van der Waals surface area contributed by atoms with Crippen LogP contribution >= 0.6 is 22.9 Å². The van der Waals surface area contributed by atoms with Crippen LogP contribution in [0.4, 0.5) is 5.13 Å². The molecule has 0 aliphatic rings. The average molecular weight is 207 g/mol. The van der Waals surface area contributed by atoms with E-state index in [1.165, 1.54) is 11.3 Å². The van der Waals surface area contributed by atoms with Crippen LogP contribution in [0.3, 0.4) is 0 Å². The molecule has 5 heteroatoms. The SMILES string of the molecule is C[C@@H](CO)N(C)c1ncc(Cl)s1. The first kappa shape index (κ1) is 9.77. The number of aromatic nitrogens is 1. The minimum Gasteiger partial charge on any atom is -0.394 e. The third-order valence-electron chi connectivity index (χ3n) is 1.69. The number of aliphatic hydroxyl groups excluding tert-OH is 1. The highest BCUT2D eigenvalue weighted by molar-refractivity contribution is 7.19. The summed E-state index contributed by atoms with van der Waals surface area (Å²) in [5.41, 5.74) is 0. The van der Waals surface area contributed by atoms with Crippen LogP contribution in [-0.2, 0) is 0 Å². The molecule has 0 saturated carbocycles. The van der Waals surface area contributed by atoms with Gasteiger partial charge in [-0.1, -0.05) is 22.9 Å². The molecule has 0 saturated heterocycles. The van der Waals surface area contributed by atoms with Gasteiger partial charge in [0.2, 0.25) is 0 Å². The molecular weight excluding hydrogens is 196 g/mol. The Morgan fingerprint density at radius 3 is 2.92 bits per heavy atom. The van der Waals surface area contributed by atoms with Crippen LogP contribution in [0.5, 0.6) is 0 Å². The Morgan fingerprint density at radius 2 is 2.50 bits per heavy atom. The van der Waals surface area contributed by atoms with E-state index in [0.717, 1.165) is 5.13 Å². The zero-order valence-corrected chi connectivity index (χ0v) is 8.56. The first-order valence-corrected chi connectivity index (χ1v) is 4.79. The number of nitrogens with zero attached hydrogens (tertiary/aromatic N) is 2. The first-order chi connectivity index (χ1) is 5.65. The minimum atomic E-state index is 0.0761. The van der Waals surface area contributed by atoms with E-state index in [2.05, 4.69) is 4.98 Å². The molecule has 0 aliphatic carbocycles. The van der Waals surface area contributed by atoms with Crippen molar-refractivity contribution in [1.29, 1.82) is 0 Å². The summed E-state index contributed by atoms with van der Waals surface area (Å²) < 4.78 is 0.669. The lowest BCUT2D eigenvalue weighted by atomic mass is 10.3. The van der Waals surface area contributed by atoms with E-state index in [1.807, 2.05) is 18.9 Å². The standard InChI is InChI=1S/C7H11ClN2OS/c1-5(4-11)10(2)7-9-3-6(8)12-7/h3,5,11H,4H2,1-2H3/t5-/m0/s1. The van der Waals surface area contributed by atoms with Crippen molar-refractivity contribution in [3.8, 4) is 0 Å². The van der Waals surface area contributed by atoms with Crippen molar-refractivity contribution < 1.29 is 5.11 Å². The summed E-state index contributed by atoms with van der Waals surface area (Å²) in [6.45, 7) is 2.04. The number of rotatable bonds is 3. The lowest BCUT2D eigenvalue weighted by Crippen LogP contribution is -2.31. The van der Waals surface area contributed by atoms with E-state index in [4.69, 9.17) is 16.7 Å². The van der Waals surface area contributed by atoms with E-state index in [-0.39, 0.29) is 12.6 Å². The lowest BCUT2D eigenvalue weighted by molar-refractivity contribution is 0.270. The molecule has 1 heterocycles. The van der Waals surface area contributed by atoms with Crippen molar-refractivity contribution in [2.24, 2.45) is 0 Å². The summed E-state index contributed by atoms with van der Waals surface area (Å²) in [6.07, 6.45) is 1.61. The molecule has 1 N–H and O–H groups in total. The van der Waals surface area contributed by atoms with E-state index >= 15 is 0 Å². The van der Waals surface area contributed by atoms with Crippen LogP contribution < -0.4 is 4.90 Å². The molecule has 12 heavy (non-hydrogen) atoms. The normalized spacial score (nSPS) is 13.0. The predicted molar refractivity (Wildman–Crippen MR) is 52.1 cm³/mol. The van der Waals surface area contributed by atoms with Crippen LogP contribution in [-0.4, -0.2) is 29.8 Å². The number of thiazole rings is 1. The Labute approximate surface area is 80.6 Å². The number of likely N-dealkylation sites (N-methyl/N-ethyl adjacent to an activating group) is 1. The van der Waals surface area contributed by atoms with Crippen molar-refractivity contribution in [3.63, 3.8) is 0 Å². The number of hydrogen-bond acceptors (Lipinski definition) is 4. The summed E-state index contributed by atoms with van der Waals surface area (Å²) >= 11 is 7.13. The Morgan fingerprint density at radius 1 is 1.83 bits per heavy atom. The van der Waals surface area contributed by atoms with Crippen molar-refractivity contribution in [3.05, 3.63) is 10.5 Å². The molecular formula is C7H11ClN2OS. The highest BCUT2D eigenvalue weighted by atomic mass is 35.5. The molecule has 68 valence electrons. The highest BCUT2D eigenvalue weighted by Crippen LogP contribution is 2.26. The summed E-state index contributed by atoms with van der Waals surface area (Å²) in [4.78, 5) is 5.99. The van der Waals surface area contributed by atoms with Gasteiger partial charge in [0.05, 0.1) is 18.8 Å². The molecule has 1 atom stereocenters. The summed E-state index contributed by atoms with van der Waals surface area (Å²) in [7, 11) is 1.88. The Kier molecular flexibility index (Phi) is 3.31. The molecule has 0 amide bonds. The van der Waals surface area contributed by atoms with Gasteiger partial charge in [0.25, 0.3) is 0 Å². The number of halogens is 1. The zero-order valence-electron chi connectivity index (χ0n) is 6.99. The molecule has 1 rings (SSSR count). The number of anilines is 1. The molecule has 0 aromatic carbocycles. The van der Waals surface area contributed by atoms with Gasteiger partial charge in [-0.15, -0.1) is 0 Å². The van der Waals surface area contributed by atoms with Crippen LogP contribution in [0.1, 0.15) is 6.92 Å². The Hall–Kier alpha value is -0.320. The van der Waals surface area contributed by atoms with E-state index in [1.54, 1.807) is 6.20 Å². The third kappa shape index (κ3) is 2.09. The maximum Gasteiger partial charge on any atom is 0.186 e. The lowest BCUT2D eigenvalue weighted by Gasteiger charge is -2.21. The fourth-order valence-corrected chi connectivity index (χ4v) is 1.68. The quantitative estimate of drug-likeness (QED) is 0.817. The minimum absolute atomic E-state index is 0.0761. The van der Waals surface area contributed by atoms with Crippen LogP contribution in [0, 0.1) is 0 Å². The maximum absolute atomic E-state index is 8.88. The summed E-state index contributed by atoms with van der Waals surface area (Å²) in [5.74, 6) is 0. The zero-order chi connectivity index (χ0) is 9.14. The van der Waals surface area contributed by atoms with Gasteiger partial charge in [0, 0.05) is 7.05 Å². The molecule has 3 nitrogen and oxygen atoms in total. The molecule has 0 spiro atoms. The van der Waals surface area contributed by atoms with Gasteiger partial charge >= 0.3 is 0 Å². The Bertz CT molecular complexity index is 253. The molecule has 0 bridgehead atoms. The molecule has 0 aliphatic heterocycles. The van der Waals surface area contributed by atoms with Crippen molar-refractivity contribution in [2.75, 3.05) is 18.6 Å². The van der Waals surface area contributed by atoms with Crippen molar-refractivity contribution in [1.82, 2.24) is 4.98 Å². The van der Waals surface area contributed by atoms with E-state index in [0.29, 0.717) is 4.34 Å². The van der Waals surface area contributed by atoms with Gasteiger partial charge in [-0.25, -0.2) is 4.98 Å². The largest absolute Gasteiger partial charge is 0.394 e. The van der Waals surface area contributed by atoms with Gasteiger partial charge in [0.15, 0.2) is 5.13 Å². The van der Waals surface area contributed by atoms with Crippen molar-refractivity contribution in [2.45, 2.75) is 13.0 Å². The third-order valence-corrected chi connectivity index (χ3v) is 2.90. The second kappa shape index (κ2) is 4.07. The predicted octanol–water partition coefficient (Wildman–Crippen LogP) is 1.61. The summed E-state index contributed by atoms with van der Waals surface area (Å²) in [5, 5.41) is 9.71. The number of aliphatic hydroxyl groups is 1. The fraction of sp³-hybridized carbons (Fsp3) is 0.571. The van der Waals surface area contributed by atoms with Gasteiger partial charge < -0.3 is 10.0 Å². The van der Waals surface area contributed by atoms with Gasteiger partial charge in [0.1, 0.15) is 4.34 Å². The van der Waals surface area contributed by atoms with Gasteiger partial charge in [-0.05, 0) is 6.92 Å². The second-order valence-corrected chi connectivity index (χ2v) is 4.23. The maximum atomic E-state index is 8.88. The van der Waals surface area contributed by atoms with Crippen LogP contribution in [0.25, 0.3) is 0 Å². The van der Waals surface area contributed by atoms with E-state index in [9.17, 15) is 0 Å². The average Bonchev–Trinajstić information content (AvgIpc) is 2.49. The fourth-order valence-electron chi connectivity index (χ4n) is 0.720. The van der Waals surface area contributed by atoms with Crippen LogP contribution in [0.2, 0.25) is 4.34 Å². The smallest absolute Gasteiger partial charge is 0.186 e.